The van der Waals surface area contributed by atoms with Crippen molar-refractivity contribution in [1.82, 2.24) is 0 Å². The molecule has 92 valence electrons. The van der Waals surface area contributed by atoms with Crippen LogP contribution in [0.1, 0.15) is 24.0 Å². The van der Waals surface area contributed by atoms with E-state index in [1.807, 2.05) is 0 Å². The van der Waals surface area contributed by atoms with Crippen LogP contribution in [-0.4, -0.2) is 19.0 Å². The van der Waals surface area contributed by atoms with Crippen molar-refractivity contribution in [3.8, 4) is 0 Å². The molecule has 0 aromatic heterocycles. The van der Waals surface area contributed by atoms with Crippen LogP contribution in [0.15, 0.2) is 17.1 Å². The molecule has 18 heavy (non-hydrogen) atoms. The molecule has 1 aliphatic carbocycles. The Balaban J connectivity index is 2.12. The summed E-state index contributed by atoms with van der Waals surface area (Å²) in [5.74, 6) is -0.548. The number of hydrogen-bond donors (Lipinski definition) is 0. The maximum atomic E-state index is 14.0. The van der Waals surface area contributed by atoms with Gasteiger partial charge in [-0.25, -0.2) is 9.18 Å². The molecule has 3 rings (SSSR count). The highest BCUT2D eigenvalue weighted by molar-refractivity contribution is 6.01. The molecule has 1 fully saturated rings. The number of carbonyl (C=O) groups excluding carboxylic acids is 2. The summed E-state index contributed by atoms with van der Waals surface area (Å²) in [6.45, 7) is 0. The number of isocyanates is 1. The second kappa shape index (κ2) is 3.50. The van der Waals surface area contributed by atoms with E-state index in [-0.39, 0.29) is 12.3 Å². The fourth-order valence-electron chi connectivity index (χ4n) is 2.51. The molecule has 4 nitrogen and oxygen atoms in total. The zero-order chi connectivity index (χ0) is 12.9. The fraction of sp³-hybridized carbons (Fsp3) is 0.385. The number of fused-ring (bicyclic) bond motifs is 1. The second-order valence-electron chi connectivity index (χ2n) is 4.83. The van der Waals surface area contributed by atoms with Gasteiger partial charge in [0.15, 0.2) is 0 Å². The average molecular weight is 246 g/mol. The van der Waals surface area contributed by atoms with E-state index in [2.05, 4.69) is 4.99 Å². The molecule has 5 heteroatoms. The average Bonchev–Trinajstić information content (AvgIpc) is 3.03. The van der Waals surface area contributed by atoms with Crippen LogP contribution in [0, 0.1) is 5.82 Å². The van der Waals surface area contributed by atoms with Crippen molar-refractivity contribution < 1.29 is 14.0 Å². The lowest BCUT2D eigenvalue weighted by Gasteiger charge is -2.14. The van der Waals surface area contributed by atoms with Crippen LogP contribution in [0.4, 0.5) is 10.1 Å². The van der Waals surface area contributed by atoms with Crippen LogP contribution in [0.3, 0.4) is 0 Å². The fourth-order valence-corrected chi connectivity index (χ4v) is 2.51. The Morgan fingerprint density at radius 3 is 2.78 bits per heavy atom. The van der Waals surface area contributed by atoms with Crippen molar-refractivity contribution >= 4 is 17.7 Å². The quantitative estimate of drug-likeness (QED) is 0.588. The number of benzene rings is 1. The predicted molar refractivity (Wildman–Crippen MR) is 62.5 cm³/mol. The van der Waals surface area contributed by atoms with Gasteiger partial charge in [-0.1, -0.05) is 6.07 Å². The monoisotopic (exact) mass is 246 g/mol. The second-order valence-corrected chi connectivity index (χ2v) is 4.83. The lowest BCUT2D eigenvalue weighted by atomic mass is 10.0. The van der Waals surface area contributed by atoms with E-state index in [1.54, 1.807) is 19.2 Å². The van der Waals surface area contributed by atoms with Gasteiger partial charge in [-0.05, 0) is 30.0 Å². The molecule has 0 bridgehead atoms. The van der Waals surface area contributed by atoms with Crippen molar-refractivity contribution in [2.75, 3.05) is 11.9 Å². The topological polar surface area (TPSA) is 49.7 Å². The molecule has 1 saturated carbocycles. The zero-order valence-electron chi connectivity index (χ0n) is 9.86. The van der Waals surface area contributed by atoms with Gasteiger partial charge in [-0.15, -0.1) is 0 Å². The number of likely N-dealkylation sites (N-methyl/N-ethyl adjacent to an activating group) is 1. The Bertz CT molecular complexity index is 601. The van der Waals surface area contributed by atoms with Gasteiger partial charge in [-0.3, -0.25) is 4.79 Å². The first-order valence-corrected chi connectivity index (χ1v) is 5.76. The van der Waals surface area contributed by atoms with Gasteiger partial charge < -0.3 is 4.90 Å². The van der Waals surface area contributed by atoms with Gasteiger partial charge in [0.05, 0.1) is 17.6 Å². The third-order valence-electron chi connectivity index (χ3n) is 3.71. The van der Waals surface area contributed by atoms with E-state index in [1.165, 1.54) is 11.0 Å². The Labute approximate surface area is 103 Å². The van der Waals surface area contributed by atoms with Crippen molar-refractivity contribution in [2.45, 2.75) is 24.8 Å². The molecule has 0 spiro atoms. The molecule has 0 saturated heterocycles. The van der Waals surface area contributed by atoms with Crippen LogP contribution in [0.2, 0.25) is 0 Å². The molecule has 1 amide bonds. The molecular weight excluding hydrogens is 235 g/mol. The number of amides is 1. The number of carbonyl (C=O) groups is 1. The van der Waals surface area contributed by atoms with E-state index < -0.39 is 11.4 Å². The third-order valence-corrected chi connectivity index (χ3v) is 3.71. The maximum absolute atomic E-state index is 14.0. The molecule has 2 aliphatic rings. The Morgan fingerprint density at radius 1 is 1.44 bits per heavy atom. The maximum Gasteiger partial charge on any atom is 0.235 e. The van der Waals surface area contributed by atoms with Gasteiger partial charge in [0.25, 0.3) is 0 Å². The first-order valence-electron chi connectivity index (χ1n) is 5.76. The minimum atomic E-state index is -0.595. The van der Waals surface area contributed by atoms with Crippen LogP contribution >= 0.6 is 0 Å². The minimum absolute atomic E-state index is 0.121. The Morgan fingerprint density at radius 2 is 2.17 bits per heavy atom. The summed E-state index contributed by atoms with van der Waals surface area (Å²) in [6.07, 6.45) is 3.21. The SMILES string of the molecule is CN1C(=O)Cc2cc(C3(N=C=O)CC3)cc(F)c21. The normalized spacial score (nSPS) is 19.4. The number of hydrogen-bond acceptors (Lipinski definition) is 3. The van der Waals surface area contributed by atoms with Crippen LogP contribution in [0.5, 0.6) is 0 Å². The molecule has 1 aromatic carbocycles. The van der Waals surface area contributed by atoms with Gasteiger partial charge in [-0.2, -0.15) is 4.99 Å². The van der Waals surface area contributed by atoms with E-state index in [0.717, 1.165) is 12.8 Å². The standard InChI is InChI=1S/C13H11FN2O2/c1-16-11(18)5-8-4-9(6-10(14)12(8)16)13(2-3-13)15-7-17/h4,6H,2-3,5H2,1H3. The lowest BCUT2D eigenvalue weighted by molar-refractivity contribution is -0.117. The first-order chi connectivity index (χ1) is 8.57. The molecule has 1 aliphatic heterocycles. The summed E-state index contributed by atoms with van der Waals surface area (Å²) in [5, 5.41) is 0. The van der Waals surface area contributed by atoms with Gasteiger partial charge in [0.1, 0.15) is 5.82 Å². The number of halogens is 1. The number of aliphatic imine (C=N–C) groups is 1. The van der Waals surface area contributed by atoms with Crippen molar-refractivity contribution in [3.05, 3.63) is 29.1 Å². The first kappa shape index (κ1) is 11.1. The van der Waals surface area contributed by atoms with Gasteiger partial charge in [0, 0.05) is 7.05 Å². The highest BCUT2D eigenvalue weighted by atomic mass is 19.1. The minimum Gasteiger partial charge on any atom is -0.312 e. The molecule has 0 N–H and O–H groups in total. The van der Waals surface area contributed by atoms with E-state index in [4.69, 9.17) is 0 Å². The van der Waals surface area contributed by atoms with E-state index >= 15 is 0 Å². The van der Waals surface area contributed by atoms with Crippen molar-refractivity contribution in [3.63, 3.8) is 0 Å². The van der Waals surface area contributed by atoms with Crippen LogP contribution in [-0.2, 0) is 21.5 Å². The largest absolute Gasteiger partial charge is 0.312 e. The smallest absolute Gasteiger partial charge is 0.235 e. The number of nitrogens with zero attached hydrogens (tertiary/aromatic N) is 2. The van der Waals surface area contributed by atoms with Crippen molar-refractivity contribution in [1.29, 1.82) is 0 Å². The lowest BCUT2D eigenvalue weighted by Crippen LogP contribution is -2.21. The predicted octanol–water partition coefficient (Wildman–Crippen LogP) is 1.67. The third kappa shape index (κ3) is 1.41. The number of anilines is 1. The molecular formula is C13H11FN2O2. The Kier molecular flexibility index (Phi) is 2.16. The zero-order valence-corrected chi connectivity index (χ0v) is 9.86. The van der Waals surface area contributed by atoms with Crippen molar-refractivity contribution in [2.24, 2.45) is 4.99 Å². The van der Waals surface area contributed by atoms with Gasteiger partial charge in [0.2, 0.25) is 12.0 Å². The van der Waals surface area contributed by atoms with Crippen LogP contribution in [0.25, 0.3) is 0 Å². The molecule has 0 atom stereocenters. The summed E-state index contributed by atoms with van der Waals surface area (Å²) in [7, 11) is 1.56. The van der Waals surface area contributed by atoms with Gasteiger partial charge >= 0.3 is 0 Å². The summed E-state index contributed by atoms with van der Waals surface area (Å²) < 4.78 is 14.0. The summed E-state index contributed by atoms with van der Waals surface area (Å²) in [4.78, 5) is 27.1. The molecule has 0 unspecified atom stereocenters. The summed E-state index contributed by atoms with van der Waals surface area (Å²) in [5.41, 5.74) is 1.09. The van der Waals surface area contributed by atoms with E-state index in [9.17, 15) is 14.0 Å². The summed E-state index contributed by atoms with van der Waals surface area (Å²) >= 11 is 0. The molecule has 1 aromatic rings. The van der Waals surface area contributed by atoms with E-state index in [0.29, 0.717) is 16.8 Å². The van der Waals surface area contributed by atoms with Crippen LogP contribution < -0.4 is 4.90 Å². The highest BCUT2D eigenvalue weighted by Gasteiger charge is 2.46. The Hall–Kier alpha value is -2.00. The highest BCUT2D eigenvalue weighted by Crippen LogP contribution is 2.50. The number of rotatable bonds is 2. The molecule has 1 heterocycles. The summed E-state index contributed by atoms with van der Waals surface area (Å²) in [6, 6.07) is 3.16. The molecule has 0 radical (unpaired) electrons.